The zero-order chi connectivity index (χ0) is 24.4. The number of rotatable bonds is 6. The Kier molecular flexibility index (Phi) is 6.05. The van der Waals surface area contributed by atoms with Gasteiger partial charge in [0.1, 0.15) is 17.6 Å². The van der Waals surface area contributed by atoms with Gasteiger partial charge in [-0.2, -0.15) is 10.4 Å². The van der Waals surface area contributed by atoms with Crippen LogP contribution in [-0.4, -0.2) is 43.5 Å². The highest BCUT2D eigenvalue weighted by Gasteiger charge is 2.26. The summed E-state index contributed by atoms with van der Waals surface area (Å²) in [7, 11) is 1.33. The molecule has 0 saturated carbocycles. The van der Waals surface area contributed by atoms with Crippen LogP contribution in [0.5, 0.6) is 0 Å². The summed E-state index contributed by atoms with van der Waals surface area (Å²) in [5.41, 5.74) is 1.49. The van der Waals surface area contributed by atoms with Crippen molar-refractivity contribution >= 4 is 22.7 Å². The number of nitrogens with one attached hydrogen (secondary N) is 1. The second-order valence-corrected chi connectivity index (χ2v) is 7.51. The zero-order valence-corrected chi connectivity index (χ0v) is 18.6. The van der Waals surface area contributed by atoms with Crippen molar-refractivity contribution in [3.63, 3.8) is 0 Å². The van der Waals surface area contributed by atoms with Crippen LogP contribution >= 0.6 is 0 Å². The van der Waals surface area contributed by atoms with Gasteiger partial charge >= 0.3 is 0 Å². The van der Waals surface area contributed by atoms with Crippen LogP contribution in [0.3, 0.4) is 0 Å². The van der Waals surface area contributed by atoms with Crippen LogP contribution in [0, 0.1) is 24.2 Å². The average Bonchev–Trinajstić information content (AvgIpc) is 3.45. The number of carbonyl (C=O) groups is 2. The molecule has 0 radical (unpaired) electrons. The van der Waals surface area contributed by atoms with Crippen LogP contribution in [-0.2, 0) is 0 Å². The Morgan fingerprint density at radius 2 is 2.00 bits per heavy atom. The predicted octanol–water partition coefficient (Wildman–Crippen LogP) is 3.29. The average molecular weight is 461 g/mol. The van der Waals surface area contributed by atoms with Gasteiger partial charge in [0.15, 0.2) is 11.9 Å². The van der Waals surface area contributed by atoms with Crippen LogP contribution in [0.4, 0.5) is 4.39 Å². The molecule has 10 nitrogen and oxygen atoms in total. The molecule has 1 unspecified atom stereocenters. The van der Waals surface area contributed by atoms with E-state index < -0.39 is 17.9 Å². The van der Waals surface area contributed by atoms with E-state index in [0.717, 1.165) is 4.90 Å². The van der Waals surface area contributed by atoms with Gasteiger partial charge < -0.3 is 9.73 Å². The maximum atomic E-state index is 13.3. The van der Waals surface area contributed by atoms with Crippen LogP contribution in [0.2, 0.25) is 0 Å². The van der Waals surface area contributed by atoms with Gasteiger partial charge in [0.2, 0.25) is 5.89 Å². The number of oxazole rings is 1. The van der Waals surface area contributed by atoms with Gasteiger partial charge in [-0.1, -0.05) is 6.92 Å². The van der Waals surface area contributed by atoms with E-state index in [1.54, 1.807) is 42.3 Å². The van der Waals surface area contributed by atoms with Crippen LogP contribution in [0.15, 0.2) is 47.3 Å². The summed E-state index contributed by atoms with van der Waals surface area (Å²) >= 11 is 0. The Morgan fingerprint density at radius 1 is 1.26 bits per heavy atom. The standard InChI is InChI=1S/C23H20FN7O3/c1-4-18(22-29-20(13(2)34-22)23(33)30(3)12-25)28-21(32)17-9-26-11-19-16(17)10-27-31(19)15-7-5-14(24)6-8-15/h5-11,18H,4H2,1-3H3,(H,28,32). The van der Waals surface area contributed by atoms with Gasteiger partial charge in [0, 0.05) is 18.6 Å². The van der Waals surface area contributed by atoms with Crippen molar-refractivity contribution < 1.29 is 18.4 Å². The SMILES string of the molecule is CCC(NC(=O)c1cncc2c1cnn2-c1ccc(F)cc1)c1nc(C(=O)N(C)C#N)c(C)o1. The lowest BCUT2D eigenvalue weighted by molar-refractivity contribution is 0.0851. The first-order valence-electron chi connectivity index (χ1n) is 10.4. The van der Waals surface area contributed by atoms with Gasteiger partial charge in [-0.3, -0.25) is 14.6 Å². The van der Waals surface area contributed by atoms with Crippen molar-refractivity contribution in [2.24, 2.45) is 0 Å². The fourth-order valence-electron chi connectivity index (χ4n) is 3.45. The van der Waals surface area contributed by atoms with E-state index in [4.69, 9.17) is 9.68 Å². The molecule has 1 aromatic carbocycles. The third-order valence-electron chi connectivity index (χ3n) is 5.29. The highest BCUT2D eigenvalue weighted by atomic mass is 19.1. The maximum absolute atomic E-state index is 13.3. The summed E-state index contributed by atoms with van der Waals surface area (Å²) in [5, 5.41) is 16.7. The minimum Gasteiger partial charge on any atom is -0.443 e. The van der Waals surface area contributed by atoms with Crippen LogP contribution < -0.4 is 5.32 Å². The fourth-order valence-corrected chi connectivity index (χ4v) is 3.45. The Morgan fingerprint density at radius 3 is 2.68 bits per heavy atom. The fraction of sp³-hybridized carbons (Fsp3) is 0.217. The molecule has 0 fully saturated rings. The molecule has 0 aliphatic rings. The minimum absolute atomic E-state index is 0.0103. The summed E-state index contributed by atoms with van der Waals surface area (Å²) in [6.45, 7) is 3.40. The normalized spacial score (nSPS) is 11.7. The number of aromatic nitrogens is 4. The van der Waals surface area contributed by atoms with Gasteiger partial charge in [0.05, 0.1) is 29.2 Å². The molecule has 0 aliphatic heterocycles. The van der Waals surface area contributed by atoms with Crippen LogP contribution in [0.1, 0.15) is 51.9 Å². The topological polar surface area (TPSA) is 130 Å². The molecule has 0 aliphatic carbocycles. The summed E-state index contributed by atoms with van der Waals surface area (Å²) in [6, 6.07) is 5.18. The Bertz CT molecular complexity index is 1420. The Hall–Kier alpha value is -4.59. The van der Waals surface area contributed by atoms with E-state index in [0.29, 0.717) is 23.0 Å². The molecular weight excluding hydrogens is 441 g/mol. The van der Waals surface area contributed by atoms with Crippen molar-refractivity contribution in [2.45, 2.75) is 26.3 Å². The lowest BCUT2D eigenvalue weighted by Crippen LogP contribution is -2.29. The Labute approximate surface area is 193 Å². The number of halogens is 1. The predicted molar refractivity (Wildman–Crippen MR) is 118 cm³/mol. The number of carbonyl (C=O) groups excluding carboxylic acids is 2. The molecule has 0 bridgehead atoms. The molecule has 0 spiro atoms. The lowest BCUT2D eigenvalue weighted by Gasteiger charge is -2.14. The number of hydrogen-bond acceptors (Lipinski definition) is 7. The molecule has 0 saturated heterocycles. The van der Waals surface area contributed by atoms with E-state index in [-0.39, 0.29) is 28.7 Å². The highest BCUT2D eigenvalue weighted by molar-refractivity contribution is 6.06. The van der Waals surface area contributed by atoms with E-state index in [9.17, 15) is 14.0 Å². The van der Waals surface area contributed by atoms with Gasteiger partial charge in [0.25, 0.3) is 11.8 Å². The first kappa shape index (κ1) is 22.6. The maximum Gasteiger partial charge on any atom is 0.288 e. The molecule has 3 aromatic heterocycles. The summed E-state index contributed by atoms with van der Waals surface area (Å²) in [5.74, 6) is -0.987. The monoisotopic (exact) mass is 461 g/mol. The van der Waals surface area contributed by atoms with Crippen molar-refractivity contribution in [1.82, 2.24) is 30.0 Å². The number of pyridine rings is 1. The summed E-state index contributed by atoms with van der Waals surface area (Å²) < 4.78 is 20.5. The van der Waals surface area contributed by atoms with Gasteiger partial charge in [-0.25, -0.2) is 19.0 Å². The number of hydrogen-bond donors (Lipinski definition) is 1. The first-order chi connectivity index (χ1) is 16.3. The van der Waals surface area contributed by atoms with Crippen LogP contribution in [0.25, 0.3) is 16.6 Å². The largest absolute Gasteiger partial charge is 0.443 e. The number of nitrogens with zero attached hydrogens (tertiary/aromatic N) is 6. The Balaban J connectivity index is 1.62. The second kappa shape index (κ2) is 9.11. The molecule has 1 atom stereocenters. The lowest BCUT2D eigenvalue weighted by atomic mass is 10.1. The molecule has 4 rings (SSSR count). The van der Waals surface area contributed by atoms with Crippen molar-refractivity contribution in [1.29, 1.82) is 5.26 Å². The molecule has 172 valence electrons. The minimum atomic E-state index is -0.623. The number of fused-ring (bicyclic) bond motifs is 1. The molecule has 1 N–H and O–H groups in total. The summed E-state index contributed by atoms with van der Waals surface area (Å²) in [6.07, 6.45) is 6.71. The van der Waals surface area contributed by atoms with E-state index >= 15 is 0 Å². The third kappa shape index (κ3) is 4.09. The second-order valence-electron chi connectivity index (χ2n) is 7.51. The van der Waals surface area contributed by atoms with Crippen molar-refractivity contribution in [2.75, 3.05) is 7.05 Å². The number of amides is 2. The van der Waals surface area contributed by atoms with Crippen molar-refractivity contribution in [3.8, 4) is 11.9 Å². The number of benzene rings is 1. The molecule has 4 aromatic rings. The number of nitriles is 1. The number of aryl methyl sites for hydroxylation is 1. The quantitative estimate of drug-likeness (QED) is 0.344. The van der Waals surface area contributed by atoms with E-state index in [1.807, 2.05) is 6.92 Å². The molecule has 34 heavy (non-hydrogen) atoms. The first-order valence-corrected chi connectivity index (χ1v) is 10.4. The zero-order valence-electron chi connectivity index (χ0n) is 18.6. The van der Waals surface area contributed by atoms with Crippen molar-refractivity contribution in [3.05, 3.63) is 71.6 Å². The van der Waals surface area contributed by atoms with E-state index in [2.05, 4.69) is 20.4 Å². The smallest absolute Gasteiger partial charge is 0.288 e. The molecular formula is C23H20FN7O3. The molecule has 3 heterocycles. The van der Waals surface area contributed by atoms with E-state index in [1.165, 1.54) is 25.4 Å². The van der Waals surface area contributed by atoms with Gasteiger partial charge in [-0.05, 0) is 37.6 Å². The third-order valence-corrected chi connectivity index (χ3v) is 5.29. The molecule has 2 amide bonds. The van der Waals surface area contributed by atoms with Gasteiger partial charge in [-0.15, -0.1) is 0 Å². The highest BCUT2D eigenvalue weighted by Crippen LogP contribution is 2.24. The summed E-state index contributed by atoms with van der Waals surface area (Å²) in [4.78, 5) is 34.7. The molecule has 11 heteroatoms.